The van der Waals surface area contributed by atoms with E-state index in [1.54, 1.807) is 10.8 Å². The normalized spacial score (nSPS) is 11.7. The van der Waals surface area contributed by atoms with E-state index < -0.39 is 38.4 Å². The molecule has 1 amide bonds. The molecule has 162 valence electrons. The van der Waals surface area contributed by atoms with Crippen LogP contribution in [-0.4, -0.2) is 14.3 Å². The third-order valence-corrected chi connectivity index (χ3v) is 5.49. The van der Waals surface area contributed by atoms with E-state index in [-0.39, 0.29) is 17.9 Å². The van der Waals surface area contributed by atoms with E-state index in [1.165, 1.54) is 42.5 Å². The maximum atomic E-state index is 13.2. The minimum atomic E-state index is -4.92. The zero-order chi connectivity index (χ0) is 22.6. The Morgan fingerprint density at radius 1 is 0.935 bits per heavy atom. The van der Waals surface area contributed by atoms with Crippen LogP contribution < -0.4 is 9.46 Å². The van der Waals surface area contributed by atoms with Crippen LogP contribution in [0.15, 0.2) is 77.7 Å². The summed E-state index contributed by atoms with van der Waals surface area (Å²) in [6.45, 7) is -0.0138. The molecule has 1 N–H and O–H groups in total. The number of nitrogens with one attached hydrogen (secondary N) is 1. The Bertz CT molecular complexity index is 1210. The number of halogens is 4. The fraction of sp³-hybridized carbons (Fsp3) is 0.0952. The maximum absolute atomic E-state index is 13.2. The van der Waals surface area contributed by atoms with Crippen LogP contribution in [0.25, 0.3) is 0 Å². The van der Waals surface area contributed by atoms with Crippen LogP contribution in [-0.2, 0) is 22.8 Å². The highest BCUT2D eigenvalue weighted by molar-refractivity contribution is 7.90. The molecule has 3 aromatic rings. The van der Waals surface area contributed by atoms with Crippen LogP contribution in [0.1, 0.15) is 21.5 Å². The highest BCUT2D eigenvalue weighted by Gasteiger charge is 2.37. The lowest BCUT2D eigenvalue weighted by molar-refractivity contribution is -0.139. The van der Waals surface area contributed by atoms with Gasteiger partial charge in [0.2, 0.25) is 0 Å². The van der Waals surface area contributed by atoms with E-state index >= 15 is 0 Å². The van der Waals surface area contributed by atoms with Crippen molar-refractivity contribution >= 4 is 15.9 Å². The topological polar surface area (TPSA) is 72.5 Å². The van der Waals surface area contributed by atoms with Gasteiger partial charge in [0.05, 0.1) is 10.5 Å². The van der Waals surface area contributed by atoms with E-state index in [9.17, 15) is 30.8 Å². The lowest BCUT2D eigenvalue weighted by atomic mass is 10.2. The highest BCUT2D eigenvalue weighted by Crippen LogP contribution is 2.33. The molecule has 0 spiro atoms. The molecule has 3 aromatic carbocycles. The van der Waals surface area contributed by atoms with Gasteiger partial charge in [0.15, 0.2) is 0 Å². The minimum Gasteiger partial charge on any atom is -0.489 e. The highest BCUT2D eigenvalue weighted by atomic mass is 32.2. The summed E-state index contributed by atoms with van der Waals surface area (Å²) >= 11 is 0. The third kappa shape index (κ3) is 5.60. The molecular formula is C21H15F4NO4S. The summed E-state index contributed by atoms with van der Waals surface area (Å²) in [7, 11) is -4.80. The number of carbonyl (C=O) groups is 1. The zero-order valence-corrected chi connectivity index (χ0v) is 16.5. The molecule has 5 nitrogen and oxygen atoms in total. The molecule has 0 aliphatic rings. The van der Waals surface area contributed by atoms with Gasteiger partial charge >= 0.3 is 6.18 Å². The number of alkyl halides is 3. The van der Waals surface area contributed by atoms with Gasteiger partial charge in [-0.05, 0) is 48.0 Å². The summed E-state index contributed by atoms with van der Waals surface area (Å²) in [6, 6.07) is 14.6. The van der Waals surface area contributed by atoms with Crippen LogP contribution in [0, 0.1) is 5.82 Å². The zero-order valence-electron chi connectivity index (χ0n) is 15.7. The molecule has 0 aromatic heterocycles. The molecule has 0 aliphatic heterocycles. The monoisotopic (exact) mass is 453 g/mol. The average Bonchev–Trinajstić information content (AvgIpc) is 2.72. The van der Waals surface area contributed by atoms with Crippen molar-refractivity contribution in [3.63, 3.8) is 0 Å². The fourth-order valence-corrected chi connectivity index (χ4v) is 3.89. The Morgan fingerprint density at radius 3 is 2.35 bits per heavy atom. The van der Waals surface area contributed by atoms with Crippen molar-refractivity contribution in [3.05, 3.63) is 95.3 Å². The average molecular weight is 453 g/mol. The second kappa shape index (κ2) is 8.76. The van der Waals surface area contributed by atoms with Crippen LogP contribution in [0.3, 0.4) is 0 Å². The van der Waals surface area contributed by atoms with Crippen molar-refractivity contribution in [3.8, 4) is 5.75 Å². The smallest absolute Gasteiger partial charge is 0.417 e. The third-order valence-electron chi connectivity index (χ3n) is 4.10. The summed E-state index contributed by atoms with van der Waals surface area (Å²) in [5.74, 6) is -1.39. The minimum absolute atomic E-state index is 0.0138. The lowest BCUT2D eigenvalue weighted by Gasteiger charge is -2.14. The summed E-state index contributed by atoms with van der Waals surface area (Å²) < 4.78 is 84.5. The standard InChI is InChI=1S/C21H15F4NO4S/c22-16-7-3-5-14(11-16)13-30-17-8-4-6-15(12-17)20(27)26-31(28,29)19-10-2-1-9-18(19)21(23,24)25/h1-12H,13H2,(H,26,27). The molecule has 0 fully saturated rings. The van der Waals surface area contributed by atoms with Crippen molar-refractivity contribution in [2.24, 2.45) is 0 Å². The van der Waals surface area contributed by atoms with E-state index in [4.69, 9.17) is 4.74 Å². The largest absolute Gasteiger partial charge is 0.489 e. The van der Waals surface area contributed by atoms with E-state index in [0.29, 0.717) is 11.6 Å². The SMILES string of the molecule is O=C(NS(=O)(=O)c1ccccc1C(F)(F)F)c1cccc(OCc2cccc(F)c2)c1. The molecule has 10 heteroatoms. The first-order valence-corrected chi connectivity index (χ1v) is 10.3. The van der Waals surface area contributed by atoms with Gasteiger partial charge in [0.25, 0.3) is 15.9 Å². The second-order valence-corrected chi connectivity index (χ2v) is 8.03. The molecule has 0 heterocycles. The molecule has 31 heavy (non-hydrogen) atoms. The second-order valence-electron chi connectivity index (χ2n) is 6.37. The predicted molar refractivity (Wildman–Crippen MR) is 103 cm³/mol. The first kappa shape index (κ1) is 22.3. The van der Waals surface area contributed by atoms with Gasteiger partial charge < -0.3 is 4.74 Å². The van der Waals surface area contributed by atoms with Crippen molar-refractivity contribution < 1.29 is 35.5 Å². The first-order chi connectivity index (χ1) is 14.6. The number of ether oxygens (including phenoxy) is 1. The van der Waals surface area contributed by atoms with Gasteiger partial charge in [-0.3, -0.25) is 4.79 Å². The molecule has 0 atom stereocenters. The van der Waals surface area contributed by atoms with Crippen molar-refractivity contribution in [1.29, 1.82) is 0 Å². The molecule has 0 saturated carbocycles. The Balaban J connectivity index is 1.77. The Morgan fingerprint density at radius 2 is 1.65 bits per heavy atom. The van der Waals surface area contributed by atoms with Crippen LogP contribution in [0.5, 0.6) is 5.75 Å². The summed E-state index contributed by atoms with van der Waals surface area (Å²) in [6.07, 6.45) is -4.92. The number of rotatable bonds is 6. The molecule has 0 saturated heterocycles. The van der Waals surface area contributed by atoms with Crippen LogP contribution >= 0.6 is 0 Å². The van der Waals surface area contributed by atoms with Crippen molar-refractivity contribution in [2.45, 2.75) is 17.7 Å². The van der Waals surface area contributed by atoms with E-state index in [1.807, 2.05) is 0 Å². The first-order valence-electron chi connectivity index (χ1n) is 8.77. The van der Waals surface area contributed by atoms with Crippen LogP contribution in [0.2, 0.25) is 0 Å². The van der Waals surface area contributed by atoms with Gasteiger partial charge in [-0.2, -0.15) is 13.2 Å². The van der Waals surface area contributed by atoms with Crippen LogP contribution in [0.4, 0.5) is 17.6 Å². The number of hydrogen-bond donors (Lipinski definition) is 1. The molecule has 3 rings (SSSR count). The van der Waals surface area contributed by atoms with Crippen molar-refractivity contribution in [1.82, 2.24) is 4.72 Å². The van der Waals surface area contributed by atoms with Gasteiger partial charge in [0.1, 0.15) is 18.2 Å². The Kier molecular flexibility index (Phi) is 6.30. The number of amides is 1. The Hall–Kier alpha value is -3.40. The quantitative estimate of drug-likeness (QED) is 0.557. The van der Waals surface area contributed by atoms with Gasteiger partial charge in [0, 0.05) is 5.56 Å². The molecule has 0 unspecified atom stereocenters. The maximum Gasteiger partial charge on any atom is 0.417 e. The number of benzene rings is 3. The van der Waals surface area contributed by atoms with Gasteiger partial charge in [-0.25, -0.2) is 17.5 Å². The number of carbonyl (C=O) groups excluding carboxylic acids is 1. The molecule has 0 aliphatic carbocycles. The van der Waals surface area contributed by atoms with Gasteiger partial charge in [-0.15, -0.1) is 0 Å². The molecule has 0 radical (unpaired) electrons. The summed E-state index contributed by atoms with van der Waals surface area (Å²) in [5, 5.41) is 0. The Labute approximate surface area is 175 Å². The summed E-state index contributed by atoms with van der Waals surface area (Å²) in [5.41, 5.74) is -1.01. The number of hydrogen-bond acceptors (Lipinski definition) is 4. The number of sulfonamides is 1. The van der Waals surface area contributed by atoms with E-state index in [2.05, 4.69) is 0 Å². The van der Waals surface area contributed by atoms with Crippen molar-refractivity contribution in [2.75, 3.05) is 0 Å². The lowest BCUT2D eigenvalue weighted by Crippen LogP contribution is -2.32. The molecular weight excluding hydrogens is 438 g/mol. The predicted octanol–water partition coefficient (Wildman–Crippen LogP) is 4.54. The summed E-state index contributed by atoms with van der Waals surface area (Å²) in [4.78, 5) is 11.3. The molecule has 0 bridgehead atoms. The van der Waals surface area contributed by atoms with Gasteiger partial charge in [-0.1, -0.05) is 30.3 Å². The van der Waals surface area contributed by atoms with E-state index in [0.717, 1.165) is 18.2 Å². The fourth-order valence-electron chi connectivity index (χ4n) is 2.69.